The molecule has 1 aromatic rings. The van der Waals surface area contributed by atoms with Gasteiger partial charge in [0.25, 0.3) is 15.9 Å². The number of nitrogens with zero attached hydrogens (tertiary/aromatic N) is 1. The number of carbonyl (C=O) groups is 3. The Hall–Kier alpha value is -1.73. The fourth-order valence-corrected chi connectivity index (χ4v) is 3.60. The van der Waals surface area contributed by atoms with Gasteiger partial charge in [0.05, 0.1) is 5.56 Å². The number of sulfonamides is 1. The third-order valence-corrected chi connectivity index (χ3v) is 4.76. The molecule has 0 N–H and O–H groups in total. The Morgan fingerprint density at radius 2 is 1.80 bits per heavy atom. The number of halogens is 1. The number of rotatable bonds is 4. The van der Waals surface area contributed by atoms with Crippen LogP contribution in [-0.4, -0.2) is 29.8 Å². The van der Waals surface area contributed by atoms with Gasteiger partial charge in [-0.2, -0.15) is 4.31 Å². The van der Waals surface area contributed by atoms with E-state index in [1.54, 1.807) is 0 Å². The van der Waals surface area contributed by atoms with E-state index in [0.717, 1.165) is 0 Å². The summed E-state index contributed by atoms with van der Waals surface area (Å²) in [6.07, 6.45) is -0.198. The van der Waals surface area contributed by atoms with Crippen molar-refractivity contribution in [3.8, 4) is 0 Å². The molecule has 0 bridgehead atoms. The highest BCUT2D eigenvalue weighted by Gasteiger charge is 2.44. The van der Waals surface area contributed by atoms with E-state index in [2.05, 4.69) is 0 Å². The van der Waals surface area contributed by atoms with Gasteiger partial charge in [-0.15, -0.1) is 0 Å². The van der Waals surface area contributed by atoms with Gasteiger partial charge in [-0.05, 0) is 30.2 Å². The first-order chi connectivity index (χ1) is 9.35. The van der Waals surface area contributed by atoms with Crippen molar-refractivity contribution >= 4 is 38.7 Å². The second-order valence-corrected chi connectivity index (χ2v) is 6.35. The molecule has 0 saturated heterocycles. The van der Waals surface area contributed by atoms with Crippen LogP contribution in [0.5, 0.6) is 0 Å². The van der Waals surface area contributed by atoms with Crippen LogP contribution in [0.2, 0.25) is 0 Å². The lowest BCUT2D eigenvalue weighted by Gasteiger charge is -2.12. The third kappa shape index (κ3) is 2.46. The molecular weight excluding hydrogens is 306 g/mol. The number of benzene rings is 1. The number of hydrogen-bond acceptors (Lipinski definition) is 5. The largest absolute Gasteiger partial charge is 0.281 e. The molecule has 2 rings (SSSR count). The summed E-state index contributed by atoms with van der Waals surface area (Å²) in [5, 5.41) is -0.614. The second kappa shape index (κ2) is 5.34. The Morgan fingerprint density at radius 1 is 1.15 bits per heavy atom. The lowest BCUT2D eigenvalue weighted by molar-refractivity contribution is -0.124. The molecule has 1 aliphatic heterocycles. The number of fused-ring (bicyclic) bond motifs is 1. The van der Waals surface area contributed by atoms with E-state index in [9.17, 15) is 22.8 Å². The Bertz CT molecular complexity index is 698. The van der Waals surface area contributed by atoms with Crippen LogP contribution in [0.15, 0.2) is 29.2 Å². The number of carbonyl (C=O) groups excluding carboxylic acids is 3. The monoisotopic (exact) mass is 315 g/mol. The SMILES string of the molecule is O=C(Cl)CCCC(=O)N1C(=O)c2ccccc2S1(=O)=O. The second-order valence-electron chi connectivity index (χ2n) is 4.17. The molecule has 6 nitrogen and oxygen atoms in total. The fourth-order valence-electron chi connectivity index (χ4n) is 1.91. The van der Waals surface area contributed by atoms with Crippen molar-refractivity contribution < 1.29 is 22.8 Å². The number of imide groups is 1. The van der Waals surface area contributed by atoms with Crippen molar-refractivity contribution in [2.24, 2.45) is 0 Å². The smallest absolute Gasteiger partial charge is 0.276 e. The molecule has 0 atom stereocenters. The van der Waals surface area contributed by atoms with Crippen LogP contribution >= 0.6 is 11.6 Å². The summed E-state index contributed by atoms with van der Waals surface area (Å²) in [6, 6.07) is 5.62. The van der Waals surface area contributed by atoms with Crippen LogP contribution < -0.4 is 0 Å². The van der Waals surface area contributed by atoms with E-state index in [1.807, 2.05) is 0 Å². The summed E-state index contributed by atoms with van der Waals surface area (Å²) in [4.78, 5) is 34.3. The van der Waals surface area contributed by atoms with Gasteiger partial charge in [-0.1, -0.05) is 12.1 Å². The van der Waals surface area contributed by atoms with E-state index < -0.39 is 27.1 Å². The summed E-state index contributed by atoms with van der Waals surface area (Å²) in [5.41, 5.74) is -0.0192. The Morgan fingerprint density at radius 3 is 2.40 bits per heavy atom. The van der Waals surface area contributed by atoms with Gasteiger partial charge >= 0.3 is 0 Å². The molecule has 1 aliphatic rings. The lowest BCUT2D eigenvalue weighted by Crippen LogP contribution is -2.36. The summed E-state index contributed by atoms with van der Waals surface area (Å²) in [6.45, 7) is 0. The number of amides is 2. The number of hydrogen-bond donors (Lipinski definition) is 0. The minimum Gasteiger partial charge on any atom is -0.281 e. The van der Waals surface area contributed by atoms with E-state index in [1.165, 1.54) is 24.3 Å². The molecule has 8 heteroatoms. The van der Waals surface area contributed by atoms with E-state index in [-0.39, 0.29) is 34.0 Å². The molecule has 0 aliphatic carbocycles. The highest BCUT2D eigenvalue weighted by atomic mass is 35.5. The summed E-state index contributed by atoms with van der Waals surface area (Å²) < 4.78 is 24.5. The minimum atomic E-state index is -4.13. The topological polar surface area (TPSA) is 88.6 Å². The molecule has 0 spiro atoms. The van der Waals surface area contributed by atoms with E-state index in [0.29, 0.717) is 0 Å². The molecular formula is C12H10ClNO5S. The van der Waals surface area contributed by atoms with Crippen LogP contribution in [0.1, 0.15) is 29.6 Å². The van der Waals surface area contributed by atoms with Crippen LogP contribution in [0.3, 0.4) is 0 Å². The Kier molecular flexibility index (Phi) is 3.92. The van der Waals surface area contributed by atoms with Crippen molar-refractivity contribution in [1.82, 2.24) is 4.31 Å². The van der Waals surface area contributed by atoms with Gasteiger partial charge < -0.3 is 0 Å². The zero-order chi connectivity index (χ0) is 14.9. The Labute approximate surface area is 120 Å². The Balaban J connectivity index is 2.25. The van der Waals surface area contributed by atoms with Crippen molar-refractivity contribution in [1.29, 1.82) is 0 Å². The minimum absolute atomic E-state index is 0.0192. The average Bonchev–Trinajstić information content (AvgIpc) is 2.57. The molecule has 0 fully saturated rings. The lowest BCUT2D eigenvalue weighted by atomic mass is 10.2. The van der Waals surface area contributed by atoms with Gasteiger partial charge in [-0.25, -0.2) is 8.42 Å². The van der Waals surface area contributed by atoms with Crippen LogP contribution in [-0.2, 0) is 19.6 Å². The van der Waals surface area contributed by atoms with Crippen LogP contribution in [0.25, 0.3) is 0 Å². The zero-order valence-electron chi connectivity index (χ0n) is 10.2. The van der Waals surface area contributed by atoms with E-state index in [4.69, 9.17) is 11.6 Å². The van der Waals surface area contributed by atoms with Gasteiger partial charge in [-0.3, -0.25) is 14.4 Å². The molecule has 0 radical (unpaired) electrons. The molecule has 2 amide bonds. The van der Waals surface area contributed by atoms with Gasteiger partial charge in [0.1, 0.15) is 4.90 Å². The maximum atomic E-state index is 12.1. The molecule has 106 valence electrons. The van der Waals surface area contributed by atoms with E-state index >= 15 is 0 Å². The standard InChI is InChI=1S/C12H10ClNO5S/c13-10(15)6-3-7-11(16)14-12(17)8-4-1-2-5-9(8)20(14,18)19/h1-2,4-5H,3,6-7H2. The maximum absolute atomic E-state index is 12.1. The van der Waals surface area contributed by atoms with Crippen LogP contribution in [0.4, 0.5) is 0 Å². The molecule has 0 unspecified atom stereocenters. The predicted octanol–water partition coefficient (Wildman–Crippen LogP) is 1.29. The molecule has 0 aromatic heterocycles. The normalized spacial score (nSPS) is 16.1. The fraction of sp³-hybridized carbons (Fsp3) is 0.250. The van der Waals surface area contributed by atoms with Crippen molar-refractivity contribution in [3.05, 3.63) is 29.8 Å². The summed E-state index contributed by atoms with van der Waals surface area (Å²) in [7, 11) is -4.13. The highest BCUT2D eigenvalue weighted by Crippen LogP contribution is 2.30. The first kappa shape index (κ1) is 14.7. The van der Waals surface area contributed by atoms with Crippen molar-refractivity contribution in [2.75, 3.05) is 0 Å². The van der Waals surface area contributed by atoms with Crippen molar-refractivity contribution in [3.63, 3.8) is 0 Å². The van der Waals surface area contributed by atoms with Gasteiger partial charge in [0.15, 0.2) is 0 Å². The highest BCUT2D eigenvalue weighted by molar-refractivity contribution is 7.90. The van der Waals surface area contributed by atoms with Gasteiger partial charge in [0, 0.05) is 12.8 Å². The quantitative estimate of drug-likeness (QED) is 0.781. The first-order valence-electron chi connectivity index (χ1n) is 5.75. The average molecular weight is 316 g/mol. The van der Waals surface area contributed by atoms with Crippen LogP contribution in [0, 0.1) is 0 Å². The summed E-state index contributed by atoms with van der Waals surface area (Å²) >= 11 is 5.13. The predicted molar refractivity (Wildman–Crippen MR) is 69.5 cm³/mol. The first-order valence-corrected chi connectivity index (χ1v) is 7.57. The molecule has 20 heavy (non-hydrogen) atoms. The zero-order valence-corrected chi connectivity index (χ0v) is 11.8. The van der Waals surface area contributed by atoms with Crippen molar-refractivity contribution in [2.45, 2.75) is 24.2 Å². The summed E-state index contributed by atoms with van der Waals surface area (Å²) in [5.74, 6) is -1.72. The third-order valence-electron chi connectivity index (χ3n) is 2.81. The van der Waals surface area contributed by atoms with Gasteiger partial charge in [0.2, 0.25) is 11.1 Å². The molecule has 1 aromatic carbocycles. The maximum Gasteiger partial charge on any atom is 0.276 e. The molecule has 0 saturated carbocycles. The molecule has 1 heterocycles.